The molecule has 2 aliphatic heterocycles. The number of alkyl halides is 5. The van der Waals surface area contributed by atoms with Crippen molar-refractivity contribution in [1.29, 1.82) is 0 Å². The first-order valence-electron chi connectivity index (χ1n) is 9.59. The molecule has 7 nitrogen and oxygen atoms in total. The number of likely N-dealkylation sites (tertiary alicyclic amines) is 1. The highest BCUT2D eigenvalue weighted by atomic mass is 32.1. The van der Waals surface area contributed by atoms with Crippen LogP contribution in [0.3, 0.4) is 0 Å². The molecule has 2 atom stereocenters. The summed E-state index contributed by atoms with van der Waals surface area (Å²) in [5.41, 5.74) is 1.04. The third kappa shape index (κ3) is 5.89. The van der Waals surface area contributed by atoms with E-state index in [0.717, 1.165) is 23.8 Å². The minimum Gasteiger partial charge on any atom is -0.475 e. The smallest absolute Gasteiger partial charge is 0.475 e. The first kappa shape index (κ1) is 23.8. The summed E-state index contributed by atoms with van der Waals surface area (Å²) >= 11 is 1.63. The van der Waals surface area contributed by atoms with Gasteiger partial charge in [0.25, 0.3) is 0 Å². The van der Waals surface area contributed by atoms with Gasteiger partial charge >= 0.3 is 12.1 Å². The van der Waals surface area contributed by atoms with E-state index in [0.29, 0.717) is 19.7 Å². The predicted octanol–water partition coefficient (Wildman–Crippen LogP) is 2.54. The normalized spacial score (nSPS) is 25.9. The Morgan fingerprint density at radius 1 is 1.32 bits per heavy atom. The summed E-state index contributed by atoms with van der Waals surface area (Å²) in [7, 11) is 0. The second kappa shape index (κ2) is 8.94. The van der Waals surface area contributed by atoms with Gasteiger partial charge in [0.05, 0.1) is 29.5 Å². The zero-order chi connectivity index (χ0) is 23.0. The van der Waals surface area contributed by atoms with E-state index >= 15 is 0 Å². The summed E-state index contributed by atoms with van der Waals surface area (Å²) in [6.07, 6.45) is -5.72. The van der Waals surface area contributed by atoms with Crippen molar-refractivity contribution in [2.45, 2.75) is 50.6 Å². The van der Waals surface area contributed by atoms with Gasteiger partial charge in [0.15, 0.2) is 0 Å². The molecule has 13 heteroatoms. The Balaban J connectivity index is 0.000000339. The van der Waals surface area contributed by atoms with Gasteiger partial charge < -0.3 is 14.7 Å². The van der Waals surface area contributed by atoms with Crippen molar-refractivity contribution < 1.29 is 41.4 Å². The van der Waals surface area contributed by atoms with Gasteiger partial charge in [0, 0.05) is 50.3 Å². The van der Waals surface area contributed by atoms with Gasteiger partial charge in [0.1, 0.15) is 0 Å². The number of aromatic nitrogens is 1. The van der Waals surface area contributed by atoms with Crippen LogP contribution in [0.5, 0.6) is 0 Å². The fraction of sp³-hybridized carbons (Fsp3) is 0.722. The SMILES string of the molecule is Cc1nc(CN2CCO[C@H]3CN(C(=O)C4CC(F)(F)C4)C[C@H]32)cs1.O=C(O)C(F)(F)F. The molecule has 1 aromatic heterocycles. The maximum Gasteiger partial charge on any atom is 0.490 e. The van der Waals surface area contributed by atoms with E-state index in [1.807, 2.05) is 6.92 Å². The van der Waals surface area contributed by atoms with Gasteiger partial charge in [-0.1, -0.05) is 0 Å². The third-order valence-corrected chi connectivity index (χ3v) is 6.26. The first-order chi connectivity index (χ1) is 14.4. The lowest BCUT2D eigenvalue weighted by Gasteiger charge is -2.36. The van der Waals surface area contributed by atoms with Gasteiger partial charge in [-0.05, 0) is 6.92 Å². The number of hydrogen-bond donors (Lipinski definition) is 1. The molecule has 0 radical (unpaired) electrons. The number of carbonyl (C=O) groups is 2. The van der Waals surface area contributed by atoms with Crippen molar-refractivity contribution in [2.24, 2.45) is 5.92 Å². The summed E-state index contributed by atoms with van der Waals surface area (Å²) in [6, 6.07) is 0.130. The molecule has 1 amide bonds. The standard InChI is InChI=1S/C16H21F2N3O2S.C2HF3O2/c1-10-19-12(9-24-10)6-20-2-3-23-14-8-21(7-13(14)20)15(22)11-4-16(17,18)5-11;3-2(4,5)1(6)7/h9,11,13-14H,2-8H2,1H3;(H,6,7)/t13-,14+;/m1./s1. The molecular weight excluding hydrogens is 449 g/mol. The Kier molecular flexibility index (Phi) is 6.87. The summed E-state index contributed by atoms with van der Waals surface area (Å²) in [4.78, 5) is 29.9. The van der Waals surface area contributed by atoms with Crippen LogP contribution in [-0.4, -0.2) is 82.3 Å². The number of carboxylic acid groups (broad SMARTS) is 1. The zero-order valence-electron chi connectivity index (χ0n) is 16.6. The number of morpholine rings is 1. The number of carbonyl (C=O) groups excluding carboxylic acids is 1. The number of aliphatic carboxylic acids is 1. The maximum atomic E-state index is 13.0. The lowest BCUT2D eigenvalue weighted by molar-refractivity contribution is -0.192. The van der Waals surface area contributed by atoms with E-state index in [2.05, 4.69) is 15.3 Å². The second-order valence-electron chi connectivity index (χ2n) is 7.81. The molecule has 0 unspecified atom stereocenters. The number of ether oxygens (including phenoxy) is 1. The van der Waals surface area contributed by atoms with Gasteiger partial charge in [-0.15, -0.1) is 11.3 Å². The lowest BCUT2D eigenvalue weighted by atomic mass is 9.80. The number of amides is 1. The number of aryl methyl sites for hydroxylation is 1. The molecule has 1 N–H and O–H groups in total. The van der Waals surface area contributed by atoms with Crippen molar-refractivity contribution in [3.8, 4) is 0 Å². The summed E-state index contributed by atoms with van der Waals surface area (Å²) in [6.45, 7) is 5.25. The average Bonchev–Trinajstić information content (AvgIpc) is 3.25. The molecule has 3 aliphatic rings. The molecular formula is C18H22F5N3O4S. The number of carboxylic acids is 1. The van der Waals surface area contributed by atoms with Crippen molar-refractivity contribution in [1.82, 2.24) is 14.8 Å². The second-order valence-corrected chi connectivity index (χ2v) is 8.87. The van der Waals surface area contributed by atoms with Crippen LogP contribution in [0.1, 0.15) is 23.5 Å². The Hall–Kier alpha value is -1.86. The highest BCUT2D eigenvalue weighted by molar-refractivity contribution is 7.09. The van der Waals surface area contributed by atoms with E-state index < -0.39 is 24.0 Å². The minimum absolute atomic E-state index is 0.0250. The Labute approximate surface area is 178 Å². The number of thiazole rings is 1. The molecule has 1 saturated carbocycles. The number of nitrogens with zero attached hydrogens (tertiary/aromatic N) is 3. The summed E-state index contributed by atoms with van der Waals surface area (Å²) < 4.78 is 63.6. The molecule has 1 aromatic rings. The Morgan fingerprint density at radius 2 is 1.97 bits per heavy atom. The monoisotopic (exact) mass is 471 g/mol. The molecule has 3 heterocycles. The van der Waals surface area contributed by atoms with Crippen LogP contribution < -0.4 is 0 Å². The minimum atomic E-state index is -5.08. The molecule has 0 bridgehead atoms. The van der Waals surface area contributed by atoms with Crippen LogP contribution in [-0.2, 0) is 20.9 Å². The summed E-state index contributed by atoms with van der Waals surface area (Å²) in [5.74, 6) is -6.07. The molecule has 4 rings (SSSR count). The fourth-order valence-corrected chi connectivity index (χ4v) is 4.52. The van der Waals surface area contributed by atoms with Crippen molar-refractivity contribution in [3.63, 3.8) is 0 Å². The topological polar surface area (TPSA) is 83.0 Å². The first-order valence-corrected chi connectivity index (χ1v) is 10.5. The molecule has 0 spiro atoms. The summed E-state index contributed by atoms with van der Waals surface area (Å²) in [5, 5.41) is 10.2. The molecule has 174 valence electrons. The van der Waals surface area contributed by atoms with Crippen LogP contribution in [0.25, 0.3) is 0 Å². The van der Waals surface area contributed by atoms with Crippen molar-refractivity contribution in [3.05, 3.63) is 16.1 Å². The highest BCUT2D eigenvalue weighted by Crippen LogP contribution is 2.43. The van der Waals surface area contributed by atoms with Gasteiger partial charge in [-0.25, -0.2) is 18.6 Å². The van der Waals surface area contributed by atoms with Crippen LogP contribution in [0, 0.1) is 12.8 Å². The molecule has 3 fully saturated rings. The predicted molar refractivity (Wildman–Crippen MR) is 98.7 cm³/mol. The molecule has 31 heavy (non-hydrogen) atoms. The van der Waals surface area contributed by atoms with Crippen LogP contribution in [0.15, 0.2) is 5.38 Å². The molecule has 0 aromatic carbocycles. The van der Waals surface area contributed by atoms with E-state index in [-0.39, 0.29) is 30.9 Å². The Morgan fingerprint density at radius 3 is 2.48 bits per heavy atom. The van der Waals surface area contributed by atoms with Crippen molar-refractivity contribution >= 4 is 23.2 Å². The molecule has 2 saturated heterocycles. The van der Waals surface area contributed by atoms with Gasteiger partial charge in [-0.2, -0.15) is 13.2 Å². The highest BCUT2D eigenvalue weighted by Gasteiger charge is 2.52. The van der Waals surface area contributed by atoms with E-state index in [1.54, 1.807) is 16.2 Å². The Bertz CT molecular complexity index is 810. The fourth-order valence-electron chi connectivity index (χ4n) is 3.92. The lowest BCUT2D eigenvalue weighted by Crippen LogP contribution is -2.50. The quantitative estimate of drug-likeness (QED) is 0.683. The maximum absolute atomic E-state index is 13.0. The van der Waals surface area contributed by atoms with Crippen molar-refractivity contribution in [2.75, 3.05) is 26.2 Å². The van der Waals surface area contributed by atoms with Crippen LogP contribution >= 0.6 is 11.3 Å². The number of rotatable bonds is 3. The average molecular weight is 471 g/mol. The van der Waals surface area contributed by atoms with Gasteiger partial charge in [-0.3, -0.25) is 9.69 Å². The van der Waals surface area contributed by atoms with E-state index in [1.165, 1.54) is 0 Å². The number of fused-ring (bicyclic) bond motifs is 1. The molecule has 1 aliphatic carbocycles. The van der Waals surface area contributed by atoms with Gasteiger partial charge in [0.2, 0.25) is 11.8 Å². The third-order valence-electron chi connectivity index (χ3n) is 5.44. The largest absolute Gasteiger partial charge is 0.490 e. The van der Waals surface area contributed by atoms with Crippen LogP contribution in [0.4, 0.5) is 22.0 Å². The number of hydrogen-bond acceptors (Lipinski definition) is 6. The zero-order valence-corrected chi connectivity index (χ0v) is 17.4. The van der Waals surface area contributed by atoms with E-state index in [9.17, 15) is 26.7 Å². The van der Waals surface area contributed by atoms with Crippen LogP contribution in [0.2, 0.25) is 0 Å². The number of halogens is 5. The van der Waals surface area contributed by atoms with E-state index in [4.69, 9.17) is 14.6 Å².